The van der Waals surface area contributed by atoms with Crippen molar-refractivity contribution in [2.75, 3.05) is 13.2 Å². The zero-order valence-electron chi connectivity index (χ0n) is 16.5. The van der Waals surface area contributed by atoms with Gasteiger partial charge in [0.15, 0.2) is 18.1 Å². The van der Waals surface area contributed by atoms with E-state index in [0.29, 0.717) is 29.4 Å². The highest BCUT2D eigenvalue weighted by Crippen LogP contribution is 2.26. The van der Waals surface area contributed by atoms with E-state index in [0.717, 1.165) is 10.2 Å². The van der Waals surface area contributed by atoms with Crippen LogP contribution in [0.15, 0.2) is 59.2 Å². The highest BCUT2D eigenvalue weighted by atomic mass is 79.9. The van der Waals surface area contributed by atoms with Crippen molar-refractivity contribution < 1.29 is 19.1 Å². The molecule has 0 spiro atoms. The fraction of sp³-hybridized carbons (Fsp3) is 0.190. The molecule has 3 rings (SSSR count). The molecule has 0 unspecified atom stereocenters. The number of rotatable bonds is 7. The Morgan fingerprint density at radius 1 is 1.03 bits per heavy atom. The summed E-state index contributed by atoms with van der Waals surface area (Å²) in [7, 11) is 0. The van der Waals surface area contributed by atoms with Gasteiger partial charge in [-0.25, -0.2) is 4.68 Å². The fourth-order valence-corrected chi connectivity index (χ4v) is 2.96. The molecule has 2 amide bonds. The normalized spacial score (nSPS) is 10.4. The predicted octanol–water partition coefficient (Wildman–Crippen LogP) is 3.18. The van der Waals surface area contributed by atoms with Gasteiger partial charge in [0.25, 0.3) is 11.8 Å². The van der Waals surface area contributed by atoms with Crippen LogP contribution < -0.4 is 20.3 Å². The maximum atomic E-state index is 12.4. The molecule has 0 saturated carbocycles. The Balaban J connectivity index is 1.56. The summed E-state index contributed by atoms with van der Waals surface area (Å²) in [6, 6.07) is 14.6. The van der Waals surface area contributed by atoms with Crippen LogP contribution in [0.1, 0.15) is 23.0 Å². The average Bonchev–Trinajstić information content (AvgIpc) is 3.13. The van der Waals surface area contributed by atoms with Crippen LogP contribution in [0.5, 0.6) is 11.5 Å². The van der Waals surface area contributed by atoms with E-state index >= 15 is 0 Å². The van der Waals surface area contributed by atoms with Crippen molar-refractivity contribution in [2.45, 2.75) is 13.8 Å². The molecule has 0 radical (unpaired) electrons. The Hall–Kier alpha value is -3.33. The number of ether oxygens (including phenoxy) is 2. The molecule has 3 aromatic rings. The lowest BCUT2D eigenvalue weighted by Gasteiger charge is -2.12. The van der Waals surface area contributed by atoms with Crippen molar-refractivity contribution >= 4 is 27.7 Å². The van der Waals surface area contributed by atoms with Gasteiger partial charge in [0.2, 0.25) is 0 Å². The van der Waals surface area contributed by atoms with Crippen molar-refractivity contribution in [3.63, 3.8) is 0 Å². The number of amides is 2. The van der Waals surface area contributed by atoms with Gasteiger partial charge < -0.3 is 9.47 Å². The molecule has 0 aliphatic rings. The first-order valence-electron chi connectivity index (χ1n) is 9.24. The number of hydrazine groups is 1. The molecule has 1 aromatic heterocycles. The van der Waals surface area contributed by atoms with Gasteiger partial charge in [-0.3, -0.25) is 20.4 Å². The molecule has 30 heavy (non-hydrogen) atoms. The second kappa shape index (κ2) is 9.93. The van der Waals surface area contributed by atoms with E-state index < -0.39 is 11.8 Å². The van der Waals surface area contributed by atoms with Crippen LogP contribution in [-0.4, -0.2) is 34.8 Å². The molecule has 0 bridgehead atoms. The van der Waals surface area contributed by atoms with Crippen LogP contribution in [0.2, 0.25) is 0 Å². The van der Waals surface area contributed by atoms with Gasteiger partial charge in [-0.05, 0) is 50.2 Å². The molecule has 0 atom stereocenters. The fourth-order valence-electron chi connectivity index (χ4n) is 2.69. The first kappa shape index (κ1) is 21.4. The van der Waals surface area contributed by atoms with Crippen molar-refractivity contribution in [2.24, 2.45) is 0 Å². The van der Waals surface area contributed by atoms with Crippen LogP contribution >= 0.6 is 15.9 Å². The zero-order chi connectivity index (χ0) is 21.5. The van der Waals surface area contributed by atoms with Gasteiger partial charge in [-0.15, -0.1) is 0 Å². The molecule has 2 aromatic carbocycles. The van der Waals surface area contributed by atoms with Gasteiger partial charge in [0.1, 0.15) is 0 Å². The van der Waals surface area contributed by atoms with E-state index in [1.54, 1.807) is 29.8 Å². The third-order valence-corrected chi connectivity index (χ3v) is 4.68. The summed E-state index contributed by atoms with van der Waals surface area (Å²) in [6.07, 6.45) is 1.45. The second-order valence-corrected chi connectivity index (χ2v) is 7.12. The average molecular weight is 473 g/mol. The van der Waals surface area contributed by atoms with E-state index in [1.165, 1.54) is 6.20 Å². The minimum Gasteiger partial charge on any atom is -0.490 e. The summed E-state index contributed by atoms with van der Waals surface area (Å²) < 4.78 is 13.5. The monoisotopic (exact) mass is 472 g/mol. The van der Waals surface area contributed by atoms with Crippen LogP contribution in [-0.2, 0) is 4.79 Å². The molecule has 9 heteroatoms. The number of carbonyl (C=O) groups is 2. The zero-order valence-corrected chi connectivity index (χ0v) is 18.1. The summed E-state index contributed by atoms with van der Waals surface area (Å²) in [6.45, 7) is 3.84. The first-order chi connectivity index (χ1) is 14.5. The number of carbonyl (C=O) groups excluding carboxylic acids is 2. The summed E-state index contributed by atoms with van der Waals surface area (Å²) in [4.78, 5) is 24.5. The van der Waals surface area contributed by atoms with Crippen molar-refractivity contribution in [1.29, 1.82) is 0 Å². The molecule has 0 fully saturated rings. The summed E-state index contributed by atoms with van der Waals surface area (Å²) in [5.41, 5.74) is 6.53. The van der Waals surface area contributed by atoms with Gasteiger partial charge >= 0.3 is 0 Å². The number of para-hydroxylation sites is 2. The van der Waals surface area contributed by atoms with Crippen LogP contribution in [0.4, 0.5) is 0 Å². The quantitative estimate of drug-likeness (QED) is 0.515. The third-order valence-electron chi connectivity index (χ3n) is 4.15. The standard InChI is InChI=1S/C21H21BrN4O4/c1-3-29-18-6-4-5-7-19(18)30-13-20(27)24-25-21(28)17-12-23-26(14(17)2)16-10-8-15(22)9-11-16/h4-12H,3,13H2,1-2H3,(H,24,27)(H,25,28). The van der Waals surface area contributed by atoms with Gasteiger partial charge in [0, 0.05) is 4.47 Å². The third kappa shape index (κ3) is 5.18. The Labute approximate surface area is 182 Å². The van der Waals surface area contributed by atoms with Gasteiger partial charge in [-0.1, -0.05) is 28.1 Å². The lowest BCUT2D eigenvalue weighted by atomic mass is 10.2. The predicted molar refractivity (Wildman–Crippen MR) is 115 cm³/mol. The van der Waals surface area contributed by atoms with E-state index in [-0.39, 0.29) is 6.61 Å². The topological polar surface area (TPSA) is 94.5 Å². The van der Waals surface area contributed by atoms with E-state index in [9.17, 15) is 9.59 Å². The van der Waals surface area contributed by atoms with Crippen LogP contribution in [0.3, 0.4) is 0 Å². The first-order valence-corrected chi connectivity index (χ1v) is 10.0. The molecule has 0 aliphatic heterocycles. The van der Waals surface area contributed by atoms with Crippen LogP contribution in [0, 0.1) is 6.92 Å². The Bertz CT molecular complexity index is 1030. The minimum atomic E-state index is -0.507. The molecule has 156 valence electrons. The largest absolute Gasteiger partial charge is 0.490 e. The van der Waals surface area contributed by atoms with Gasteiger partial charge in [0.05, 0.1) is 29.7 Å². The van der Waals surface area contributed by atoms with Crippen molar-refractivity contribution in [3.8, 4) is 17.2 Å². The number of benzene rings is 2. The Kier molecular flexibility index (Phi) is 7.08. The molecular weight excluding hydrogens is 452 g/mol. The van der Waals surface area contributed by atoms with Gasteiger partial charge in [-0.2, -0.15) is 5.10 Å². The molecular formula is C21H21BrN4O4. The second-order valence-electron chi connectivity index (χ2n) is 6.20. The number of hydrogen-bond acceptors (Lipinski definition) is 5. The maximum absolute atomic E-state index is 12.4. The molecule has 2 N–H and O–H groups in total. The van der Waals surface area contributed by atoms with E-state index in [2.05, 4.69) is 31.9 Å². The molecule has 8 nitrogen and oxygen atoms in total. The summed E-state index contributed by atoms with van der Waals surface area (Å²) in [5, 5.41) is 4.26. The molecule has 0 saturated heterocycles. The number of aromatic nitrogens is 2. The lowest BCUT2D eigenvalue weighted by Crippen LogP contribution is -2.44. The smallest absolute Gasteiger partial charge is 0.276 e. The lowest BCUT2D eigenvalue weighted by molar-refractivity contribution is -0.123. The molecule has 0 aliphatic carbocycles. The molecule has 1 heterocycles. The Morgan fingerprint density at radius 2 is 1.70 bits per heavy atom. The maximum Gasteiger partial charge on any atom is 0.276 e. The highest BCUT2D eigenvalue weighted by Gasteiger charge is 2.16. The summed E-state index contributed by atoms with van der Waals surface area (Å²) >= 11 is 3.39. The van der Waals surface area contributed by atoms with Crippen molar-refractivity contribution in [3.05, 3.63) is 70.5 Å². The number of halogens is 1. The van der Waals surface area contributed by atoms with E-state index in [1.807, 2.05) is 37.3 Å². The van der Waals surface area contributed by atoms with Crippen molar-refractivity contribution in [1.82, 2.24) is 20.6 Å². The number of nitrogens with one attached hydrogen (secondary N) is 2. The van der Waals surface area contributed by atoms with E-state index in [4.69, 9.17) is 9.47 Å². The SMILES string of the molecule is CCOc1ccccc1OCC(=O)NNC(=O)c1cnn(-c2ccc(Br)cc2)c1C. The number of hydrogen-bond donors (Lipinski definition) is 2. The minimum absolute atomic E-state index is 0.276. The highest BCUT2D eigenvalue weighted by molar-refractivity contribution is 9.10. The Morgan fingerprint density at radius 3 is 2.37 bits per heavy atom. The van der Waals surface area contributed by atoms with Crippen LogP contribution in [0.25, 0.3) is 5.69 Å². The summed E-state index contributed by atoms with van der Waals surface area (Å²) in [5.74, 6) is 0.0202. The number of nitrogens with zero attached hydrogens (tertiary/aromatic N) is 2.